The highest BCUT2D eigenvalue weighted by molar-refractivity contribution is 5.92. The number of carboxylic acids is 1. The summed E-state index contributed by atoms with van der Waals surface area (Å²) in [6.45, 7) is 0.800. The van der Waals surface area contributed by atoms with Gasteiger partial charge in [0.05, 0.1) is 12.0 Å². The van der Waals surface area contributed by atoms with E-state index in [1.165, 1.54) is 6.92 Å². The normalized spacial score (nSPS) is 25.9. The van der Waals surface area contributed by atoms with Crippen LogP contribution < -0.4 is 10.6 Å². The molecule has 4 N–H and O–H groups in total. The first-order chi connectivity index (χ1) is 16.3. The second-order valence-corrected chi connectivity index (χ2v) is 9.91. The Morgan fingerprint density at radius 2 is 1.68 bits per heavy atom. The number of aliphatic hydroxyl groups is 1. The third-order valence-corrected chi connectivity index (χ3v) is 7.71. The molecule has 3 aliphatic rings. The zero-order valence-electron chi connectivity index (χ0n) is 18.9. The number of amides is 2. The molecule has 3 aliphatic carbocycles. The lowest BCUT2D eigenvalue weighted by molar-refractivity contribution is -0.149. The topological polar surface area (TPSA) is 125 Å². The van der Waals surface area contributed by atoms with Crippen LogP contribution in [0.4, 0.5) is 4.79 Å². The number of carbonyl (C=O) groups is 3. The van der Waals surface area contributed by atoms with Crippen LogP contribution in [0, 0.1) is 11.3 Å². The van der Waals surface area contributed by atoms with Gasteiger partial charge in [-0.2, -0.15) is 0 Å². The van der Waals surface area contributed by atoms with Gasteiger partial charge in [-0.3, -0.25) is 4.79 Å². The summed E-state index contributed by atoms with van der Waals surface area (Å²) in [5.74, 6) is -1.61. The van der Waals surface area contributed by atoms with Crippen LogP contribution in [0.2, 0.25) is 0 Å². The maximum atomic E-state index is 12.8. The molecule has 178 valence electrons. The average Bonchev–Trinajstić information content (AvgIpc) is 3.26. The van der Waals surface area contributed by atoms with Gasteiger partial charge in [0, 0.05) is 12.0 Å². The van der Waals surface area contributed by atoms with E-state index in [4.69, 9.17) is 4.74 Å². The van der Waals surface area contributed by atoms with Crippen LogP contribution >= 0.6 is 0 Å². The number of hydrogen-bond acceptors (Lipinski definition) is 5. The Bertz CT molecular complexity index is 1120. The summed E-state index contributed by atoms with van der Waals surface area (Å²) in [5.41, 5.74) is 2.18. The van der Waals surface area contributed by atoms with Gasteiger partial charge >= 0.3 is 12.1 Å². The molecule has 0 aliphatic heterocycles. The van der Waals surface area contributed by atoms with Crippen LogP contribution in [0.1, 0.15) is 43.2 Å². The van der Waals surface area contributed by atoms with E-state index in [2.05, 4.69) is 34.9 Å². The smallest absolute Gasteiger partial charge is 0.407 e. The maximum absolute atomic E-state index is 12.8. The van der Waals surface area contributed by atoms with E-state index in [1.807, 2.05) is 24.3 Å². The number of ether oxygens (including phenoxy) is 1. The lowest BCUT2D eigenvalue weighted by Crippen LogP contribution is -2.57. The first kappa shape index (κ1) is 22.4. The van der Waals surface area contributed by atoms with Gasteiger partial charge in [-0.25, -0.2) is 9.59 Å². The molecule has 2 fully saturated rings. The Hall–Kier alpha value is -3.39. The number of aliphatic carboxylic acids is 1. The maximum Gasteiger partial charge on any atom is 0.407 e. The third-order valence-electron chi connectivity index (χ3n) is 7.71. The van der Waals surface area contributed by atoms with Crippen molar-refractivity contribution in [2.45, 2.75) is 43.7 Å². The molecule has 2 amide bonds. The number of fused-ring (bicyclic) bond motifs is 4. The number of nitrogens with one attached hydrogen (secondary N) is 2. The van der Waals surface area contributed by atoms with Gasteiger partial charge in [-0.1, -0.05) is 48.5 Å². The molecule has 0 radical (unpaired) electrons. The van der Waals surface area contributed by atoms with Crippen LogP contribution in [0.3, 0.4) is 0 Å². The summed E-state index contributed by atoms with van der Waals surface area (Å²) in [6.07, 6.45) is 1.20. The lowest BCUT2D eigenvalue weighted by atomic mass is 9.97. The second-order valence-electron chi connectivity index (χ2n) is 9.91. The number of rotatable bonds is 7. The molecule has 0 saturated heterocycles. The molecule has 8 nitrogen and oxygen atoms in total. The number of alkyl carbamates (subject to hydrolysis) is 1. The molecule has 1 unspecified atom stereocenters. The molecule has 8 heteroatoms. The Kier molecular flexibility index (Phi) is 5.36. The Morgan fingerprint density at radius 3 is 2.26 bits per heavy atom. The van der Waals surface area contributed by atoms with Crippen LogP contribution in [0.5, 0.6) is 0 Å². The van der Waals surface area contributed by atoms with E-state index in [0.717, 1.165) is 22.3 Å². The van der Waals surface area contributed by atoms with E-state index in [9.17, 15) is 24.6 Å². The monoisotopic (exact) mass is 464 g/mol. The van der Waals surface area contributed by atoms with Crippen molar-refractivity contribution in [3.8, 4) is 11.1 Å². The minimum atomic E-state index is -1.72. The summed E-state index contributed by atoms with van der Waals surface area (Å²) >= 11 is 0. The molecule has 0 aromatic heterocycles. The SMILES string of the molecule is CC(CO)(NC(=O)[C@@]12C[C@@H](NC(=O)OCC3c4ccccc4-c4ccccc43)C[C@@H]1C2)C(=O)O. The zero-order valence-corrected chi connectivity index (χ0v) is 18.9. The summed E-state index contributed by atoms with van der Waals surface area (Å²) in [6, 6.07) is 16.0. The van der Waals surface area contributed by atoms with Gasteiger partial charge in [0.1, 0.15) is 6.61 Å². The van der Waals surface area contributed by atoms with Crippen molar-refractivity contribution in [1.29, 1.82) is 0 Å². The molecule has 2 aromatic rings. The van der Waals surface area contributed by atoms with E-state index in [-0.39, 0.29) is 30.4 Å². The van der Waals surface area contributed by atoms with Crippen molar-refractivity contribution < 1.29 is 29.3 Å². The summed E-state index contributed by atoms with van der Waals surface area (Å²) in [5, 5.41) is 24.1. The molecule has 0 spiro atoms. The van der Waals surface area contributed by atoms with Gasteiger partial charge in [0.25, 0.3) is 0 Å². The molecule has 2 aromatic carbocycles. The first-order valence-electron chi connectivity index (χ1n) is 11.6. The summed E-state index contributed by atoms with van der Waals surface area (Å²) < 4.78 is 5.61. The van der Waals surface area contributed by atoms with Crippen LogP contribution in [0.25, 0.3) is 11.1 Å². The second kappa shape index (κ2) is 8.13. The fraction of sp³-hybridized carbons (Fsp3) is 0.423. The fourth-order valence-electron chi connectivity index (χ4n) is 5.63. The molecule has 0 heterocycles. The number of benzene rings is 2. The van der Waals surface area contributed by atoms with Crippen LogP contribution in [-0.4, -0.2) is 53.0 Å². The van der Waals surface area contributed by atoms with Crippen molar-refractivity contribution in [3.63, 3.8) is 0 Å². The quantitative estimate of drug-likeness (QED) is 0.499. The van der Waals surface area contributed by atoms with Crippen molar-refractivity contribution in [1.82, 2.24) is 10.6 Å². The Morgan fingerprint density at radius 1 is 1.06 bits per heavy atom. The van der Waals surface area contributed by atoms with E-state index < -0.39 is 29.6 Å². The minimum Gasteiger partial charge on any atom is -0.479 e. The van der Waals surface area contributed by atoms with Gasteiger partial charge < -0.3 is 25.6 Å². The van der Waals surface area contributed by atoms with E-state index in [0.29, 0.717) is 19.3 Å². The minimum absolute atomic E-state index is 0.0283. The largest absolute Gasteiger partial charge is 0.479 e. The zero-order chi connectivity index (χ0) is 24.1. The fourth-order valence-corrected chi connectivity index (χ4v) is 5.63. The standard InChI is InChI=1S/C26H28N2O6/c1-25(14-29,23(31)32)28-22(30)26-11-15(26)10-16(12-26)27-24(33)34-13-21-19-8-4-2-6-17(19)18-7-3-5-9-20(18)21/h2-9,15-16,21,29H,10-14H2,1H3,(H,27,33)(H,28,30)(H,31,32)/t15-,16+,25?,26+/m1/s1. The van der Waals surface area contributed by atoms with Crippen molar-refractivity contribution >= 4 is 18.0 Å². The van der Waals surface area contributed by atoms with Gasteiger partial charge in [-0.05, 0) is 54.4 Å². The average molecular weight is 465 g/mol. The number of carbonyl (C=O) groups excluding carboxylic acids is 2. The molecular weight excluding hydrogens is 436 g/mol. The first-order valence-corrected chi connectivity index (χ1v) is 11.6. The summed E-state index contributed by atoms with van der Waals surface area (Å²) in [7, 11) is 0. The van der Waals surface area contributed by atoms with E-state index in [1.54, 1.807) is 0 Å². The highest BCUT2D eigenvalue weighted by Gasteiger charge is 2.65. The molecule has 5 rings (SSSR count). The van der Waals surface area contributed by atoms with Crippen LogP contribution in [-0.2, 0) is 14.3 Å². The number of carboxylic acid groups (broad SMARTS) is 1. The highest BCUT2D eigenvalue weighted by atomic mass is 16.5. The number of hydrogen-bond donors (Lipinski definition) is 4. The predicted octanol–water partition coefficient (Wildman–Crippen LogP) is 2.65. The third kappa shape index (κ3) is 3.62. The Balaban J connectivity index is 1.18. The van der Waals surface area contributed by atoms with E-state index >= 15 is 0 Å². The van der Waals surface area contributed by atoms with Crippen molar-refractivity contribution in [3.05, 3.63) is 59.7 Å². The van der Waals surface area contributed by atoms with Crippen molar-refractivity contribution in [2.75, 3.05) is 13.2 Å². The van der Waals surface area contributed by atoms with Gasteiger partial charge in [0.2, 0.25) is 5.91 Å². The summed E-state index contributed by atoms with van der Waals surface area (Å²) in [4.78, 5) is 36.8. The van der Waals surface area contributed by atoms with Gasteiger partial charge in [-0.15, -0.1) is 0 Å². The van der Waals surface area contributed by atoms with Crippen molar-refractivity contribution in [2.24, 2.45) is 11.3 Å². The highest BCUT2D eigenvalue weighted by Crippen LogP contribution is 2.63. The van der Waals surface area contributed by atoms with Gasteiger partial charge in [0.15, 0.2) is 5.54 Å². The molecule has 0 bridgehead atoms. The molecule has 34 heavy (non-hydrogen) atoms. The predicted molar refractivity (Wildman–Crippen MR) is 123 cm³/mol. The lowest BCUT2D eigenvalue weighted by Gasteiger charge is -2.26. The number of aliphatic hydroxyl groups excluding tert-OH is 1. The van der Waals surface area contributed by atoms with Crippen LogP contribution in [0.15, 0.2) is 48.5 Å². The molecule has 2 saturated carbocycles. The Labute approximate surface area is 197 Å². The molecular formula is C26H28N2O6. The molecule has 4 atom stereocenters.